The average Bonchev–Trinajstić information content (AvgIpc) is 2.13. The van der Waals surface area contributed by atoms with Crippen LogP contribution < -0.4 is 5.32 Å². The minimum absolute atomic E-state index is 0.0941. The molecule has 0 aromatic heterocycles. The Bertz CT molecular complexity index is 273. The van der Waals surface area contributed by atoms with Gasteiger partial charge in [-0.2, -0.15) is 0 Å². The molecule has 1 atom stereocenters. The van der Waals surface area contributed by atoms with Crippen molar-refractivity contribution in [1.29, 1.82) is 0 Å². The molecule has 4 nitrogen and oxygen atoms in total. The van der Waals surface area contributed by atoms with Gasteiger partial charge in [0, 0.05) is 20.0 Å². The predicted octanol–water partition coefficient (Wildman–Crippen LogP) is 0.299. The summed E-state index contributed by atoms with van der Waals surface area (Å²) in [6.07, 6.45) is 1.03. The van der Waals surface area contributed by atoms with Gasteiger partial charge in [0.2, 0.25) is 11.8 Å². The van der Waals surface area contributed by atoms with Crippen molar-refractivity contribution in [2.45, 2.75) is 25.8 Å². The van der Waals surface area contributed by atoms with Gasteiger partial charge in [-0.15, -0.1) is 0 Å². The van der Waals surface area contributed by atoms with Gasteiger partial charge in [-0.3, -0.25) is 14.5 Å². The largest absolute Gasteiger partial charge is 0.302 e. The third-order valence-electron chi connectivity index (χ3n) is 2.30. The maximum absolute atomic E-state index is 11.6. The standard InChI is InChI=1S/C10H16N2O2/c1-7(2)6-11-8-4-5-9(13)12(3)10(8)14/h8,11H,1,4-6H2,2-3H3. The van der Waals surface area contributed by atoms with Crippen molar-refractivity contribution in [3.8, 4) is 0 Å². The monoisotopic (exact) mass is 196 g/mol. The highest BCUT2D eigenvalue weighted by Crippen LogP contribution is 2.11. The van der Waals surface area contributed by atoms with Gasteiger partial charge >= 0.3 is 0 Å². The van der Waals surface area contributed by atoms with E-state index < -0.39 is 0 Å². The van der Waals surface area contributed by atoms with E-state index in [9.17, 15) is 9.59 Å². The molecule has 4 heteroatoms. The summed E-state index contributed by atoms with van der Waals surface area (Å²) in [6.45, 7) is 6.27. The second kappa shape index (κ2) is 4.37. The third kappa shape index (κ3) is 2.42. The van der Waals surface area contributed by atoms with E-state index in [1.54, 1.807) is 0 Å². The number of hydrogen-bond acceptors (Lipinski definition) is 3. The number of rotatable bonds is 3. The van der Waals surface area contributed by atoms with Gasteiger partial charge in [0.15, 0.2) is 0 Å². The molecule has 1 unspecified atom stereocenters. The summed E-state index contributed by atoms with van der Waals surface area (Å²) < 4.78 is 0. The van der Waals surface area contributed by atoms with Crippen molar-refractivity contribution in [1.82, 2.24) is 10.2 Å². The lowest BCUT2D eigenvalue weighted by Crippen LogP contribution is -2.51. The molecule has 1 aliphatic heterocycles. The highest BCUT2D eigenvalue weighted by molar-refractivity contribution is 6.00. The molecule has 0 spiro atoms. The molecule has 78 valence electrons. The smallest absolute Gasteiger partial charge is 0.246 e. The third-order valence-corrected chi connectivity index (χ3v) is 2.30. The van der Waals surface area contributed by atoms with Crippen LogP contribution in [-0.2, 0) is 9.59 Å². The predicted molar refractivity (Wildman–Crippen MR) is 53.6 cm³/mol. The average molecular weight is 196 g/mol. The molecule has 1 rings (SSSR count). The summed E-state index contributed by atoms with van der Waals surface area (Å²) in [4.78, 5) is 23.9. The molecule has 1 aliphatic rings. The number of hydrogen-bond donors (Lipinski definition) is 1. The lowest BCUT2D eigenvalue weighted by Gasteiger charge is -2.28. The molecule has 1 saturated heterocycles. The quantitative estimate of drug-likeness (QED) is 0.521. The summed E-state index contributed by atoms with van der Waals surface area (Å²) in [5.74, 6) is -0.231. The Hall–Kier alpha value is -1.16. The van der Waals surface area contributed by atoms with Gasteiger partial charge in [-0.05, 0) is 13.3 Å². The normalized spacial score (nSPS) is 22.7. The van der Waals surface area contributed by atoms with Crippen LogP contribution in [-0.4, -0.2) is 36.3 Å². The van der Waals surface area contributed by atoms with Gasteiger partial charge in [0.1, 0.15) is 0 Å². The Balaban J connectivity index is 2.51. The van der Waals surface area contributed by atoms with Crippen LogP contribution in [0.3, 0.4) is 0 Å². The van der Waals surface area contributed by atoms with Crippen LogP contribution in [0.15, 0.2) is 12.2 Å². The second-order valence-corrected chi connectivity index (χ2v) is 3.72. The second-order valence-electron chi connectivity index (χ2n) is 3.72. The Morgan fingerprint density at radius 2 is 2.29 bits per heavy atom. The SMILES string of the molecule is C=C(C)CNC1CCC(=O)N(C)C1=O. The van der Waals surface area contributed by atoms with Crippen molar-refractivity contribution < 1.29 is 9.59 Å². The fraction of sp³-hybridized carbons (Fsp3) is 0.600. The van der Waals surface area contributed by atoms with Gasteiger partial charge < -0.3 is 5.32 Å². The van der Waals surface area contributed by atoms with Crippen molar-refractivity contribution in [3.63, 3.8) is 0 Å². The van der Waals surface area contributed by atoms with Crippen molar-refractivity contribution >= 4 is 11.8 Å². The Kier molecular flexibility index (Phi) is 3.41. The lowest BCUT2D eigenvalue weighted by molar-refractivity contribution is -0.147. The molecular weight excluding hydrogens is 180 g/mol. The zero-order valence-corrected chi connectivity index (χ0v) is 8.67. The van der Waals surface area contributed by atoms with Crippen LogP contribution >= 0.6 is 0 Å². The summed E-state index contributed by atoms with van der Waals surface area (Å²) in [7, 11) is 1.53. The van der Waals surface area contributed by atoms with Crippen LogP contribution in [0.4, 0.5) is 0 Å². The number of imide groups is 1. The molecule has 0 radical (unpaired) electrons. The lowest BCUT2D eigenvalue weighted by atomic mass is 10.0. The van der Waals surface area contributed by atoms with Gasteiger partial charge in [0.25, 0.3) is 0 Å². The number of nitrogens with zero attached hydrogens (tertiary/aromatic N) is 1. The van der Waals surface area contributed by atoms with Crippen LogP contribution in [0, 0.1) is 0 Å². The van der Waals surface area contributed by atoms with Crippen molar-refractivity contribution in [2.75, 3.05) is 13.6 Å². The molecule has 0 saturated carbocycles. The molecular formula is C10H16N2O2. The van der Waals surface area contributed by atoms with Gasteiger partial charge in [0.05, 0.1) is 6.04 Å². The van der Waals surface area contributed by atoms with Crippen LogP contribution in [0.2, 0.25) is 0 Å². The maximum Gasteiger partial charge on any atom is 0.246 e. The molecule has 1 N–H and O–H groups in total. The molecule has 0 bridgehead atoms. The zero-order chi connectivity index (χ0) is 10.7. The molecule has 2 amide bonds. The van der Waals surface area contributed by atoms with Crippen LogP contribution in [0.25, 0.3) is 0 Å². The summed E-state index contributed by atoms with van der Waals surface area (Å²) in [5, 5.41) is 3.08. The van der Waals surface area contributed by atoms with Crippen LogP contribution in [0.5, 0.6) is 0 Å². The highest BCUT2D eigenvalue weighted by Gasteiger charge is 2.30. The topological polar surface area (TPSA) is 49.4 Å². The zero-order valence-electron chi connectivity index (χ0n) is 8.67. The van der Waals surface area contributed by atoms with Gasteiger partial charge in [-0.25, -0.2) is 0 Å². The fourth-order valence-electron chi connectivity index (χ4n) is 1.40. The molecule has 0 aliphatic carbocycles. The van der Waals surface area contributed by atoms with Crippen molar-refractivity contribution in [2.24, 2.45) is 0 Å². The first-order valence-corrected chi connectivity index (χ1v) is 4.70. The molecule has 1 fully saturated rings. The first kappa shape index (κ1) is 10.9. The van der Waals surface area contributed by atoms with E-state index in [4.69, 9.17) is 0 Å². The molecule has 0 aromatic carbocycles. The summed E-state index contributed by atoms with van der Waals surface area (Å²) in [5.41, 5.74) is 0.984. The van der Waals surface area contributed by atoms with E-state index in [0.29, 0.717) is 19.4 Å². The fourth-order valence-corrected chi connectivity index (χ4v) is 1.40. The van der Waals surface area contributed by atoms with E-state index in [2.05, 4.69) is 11.9 Å². The number of likely N-dealkylation sites (N-methyl/N-ethyl adjacent to an activating group) is 1. The van der Waals surface area contributed by atoms with Gasteiger partial charge in [-0.1, -0.05) is 12.2 Å². The van der Waals surface area contributed by atoms with E-state index in [1.165, 1.54) is 11.9 Å². The summed E-state index contributed by atoms with van der Waals surface area (Å²) >= 11 is 0. The first-order chi connectivity index (χ1) is 6.52. The van der Waals surface area contributed by atoms with E-state index in [1.807, 2.05) is 6.92 Å². The molecule has 1 heterocycles. The first-order valence-electron chi connectivity index (χ1n) is 4.70. The maximum atomic E-state index is 11.6. The van der Waals surface area contributed by atoms with E-state index >= 15 is 0 Å². The Labute approximate surface area is 84.0 Å². The number of nitrogens with one attached hydrogen (secondary N) is 1. The number of piperidine rings is 1. The Morgan fingerprint density at radius 1 is 1.64 bits per heavy atom. The van der Waals surface area contributed by atoms with Crippen LogP contribution in [0.1, 0.15) is 19.8 Å². The number of amides is 2. The van der Waals surface area contributed by atoms with Crippen molar-refractivity contribution in [3.05, 3.63) is 12.2 Å². The number of carbonyl (C=O) groups excluding carboxylic acids is 2. The molecule has 0 aromatic rings. The molecule has 14 heavy (non-hydrogen) atoms. The number of likely N-dealkylation sites (tertiary alicyclic amines) is 1. The number of carbonyl (C=O) groups is 2. The summed E-state index contributed by atoms with van der Waals surface area (Å²) in [6, 6.07) is -0.227. The Morgan fingerprint density at radius 3 is 2.86 bits per heavy atom. The van der Waals surface area contributed by atoms with E-state index in [0.717, 1.165) is 5.57 Å². The minimum Gasteiger partial charge on any atom is -0.302 e. The highest BCUT2D eigenvalue weighted by atomic mass is 16.2. The van der Waals surface area contributed by atoms with E-state index in [-0.39, 0.29) is 17.9 Å². The minimum atomic E-state index is -0.227.